The fourth-order valence-corrected chi connectivity index (χ4v) is 4.35. The molecule has 0 aliphatic rings. The van der Waals surface area contributed by atoms with Crippen LogP contribution in [0.5, 0.6) is 5.75 Å². The zero-order chi connectivity index (χ0) is 24.4. The molecule has 0 fully saturated rings. The minimum Gasteiger partial charge on any atom is -0.497 e. The number of benzene rings is 3. The summed E-state index contributed by atoms with van der Waals surface area (Å²) in [7, 11) is 1.66. The third-order valence-electron chi connectivity index (χ3n) is 5.76. The molecule has 0 bridgehead atoms. The number of aromatic nitrogens is 2. The summed E-state index contributed by atoms with van der Waals surface area (Å²) in [6.45, 7) is 0.308. The fourth-order valence-electron chi connectivity index (χ4n) is 4.04. The molecule has 0 saturated heterocycles. The molecule has 0 aliphatic heterocycles. The number of amides is 1. The molecule has 5 rings (SSSR count). The van der Waals surface area contributed by atoms with Gasteiger partial charge in [-0.3, -0.25) is 9.78 Å². The summed E-state index contributed by atoms with van der Waals surface area (Å²) in [5, 5.41) is 6.00. The highest BCUT2D eigenvalue weighted by atomic mass is 35.5. The number of carbonyl (C=O) groups is 1. The van der Waals surface area contributed by atoms with Crippen LogP contribution < -0.4 is 10.1 Å². The largest absolute Gasteiger partial charge is 0.497 e. The van der Waals surface area contributed by atoms with E-state index in [1.54, 1.807) is 31.4 Å². The van der Waals surface area contributed by atoms with Gasteiger partial charge in [0, 0.05) is 22.5 Å². The predicted molar refractivity (Wildman–Crippen MR) is 142 cm³/mol. The van der Waals surface area contributed by atoms with Crippen LogP contribution in [-0.2, 0) is 11.3 Å². The lowest BCUT2D eigenvalue weighted by atomic mass is 10.1. The van der Waals surface area contributed by atoms with E-state index in [9.17, 15) is 4.79 Å². The molecule has 0 saturated carbocycles. The number of nitrogens with zero attached hydrogens (tertiary/aromatic N) is 2. The molecule has 174 valence electrons. The standard InChI is InChI=1S/C28H21Cl2N3O2/c1-35-21-10-8-20(9-11-21)33-26-5-3-2-4-22(26)23-15-19(31-17-27(23)33)16-32-28(34)13-7-18-6-12-24(29)25(30)14-18/h2-15,17H,16H2,1H3,(H,32,34)/b13-7+. The number of rotatable bonds is 6. The lowest BCUT2D eigenvalue weighted by Gasteiger charge is -2.09. The van der Waals surface area contributed by atoms with E-state index in [1.807, 2.05) is 48.7 Å². The molecule has 5 nitrogen and oxygen atoms in total. The smallest absolute Gasteiger partial charge is 0.244 e. The zero-order valence-electron chi connectivity index (χ0n) is 18.8. The monoisotopic (exact) mass is 501 g/mol. The molecule has 0 atom stereocenters. The minimum atomic E-state index is -0.223. The van der Waals surface area contributed by atoms with E-state index in [0.29, 0.717) is 16.6 Å². The normalized spacial score (nSPS) is 11.4. The van der Waals surface area contributed by atoms with Crippen LogP contribution in [0.4, 0.5) is 0 Å². The molecule has 5 aromatic rings. The van der Waals surface area contributed by atoms with E-state index >= 15 is 0 Å². The highest BCUT2D eigenvalue weighted by Gasteiger charge is 2.13. The van der Waals surface area contributed by atoms with Gasteiger partial charge in [0.1, 0.15) is 5.75 Å². The summed E-state index contributed by atoms with van der Waals surface area (Å²) in [6, 6.07) is 23.4. The van der Waals surface area contributed by atoms with E-state index in [0.717, 1.165) is 44.5 Å². The average Bonchev–Trinajstić information content (AvgIpc) is 3.22. The summed E-state index contributed by atoms with van der Waals surface area (Å²) in [4.78, 5) is 17.0. The third kappa shape index (κ3) is 4.74. The fraction of sp³-hybridized carbons (Fsp3) is 0.0714. The van der Waals surface area contributed by atoms with Gasteiger partial charge in [0.15, 0.2) is 0 Å². The molecule has 1 amide bonds. The molecular weight excluding hydrogens is 481 g/mol. The van der Waals surface area contributed by atoms with Crippen molar-refractivity contribution in [2.75, 3.05) is 7.11 Å². The molecule has 0 unspecified atom stereocenters. The van der Waals surface area contributed by atoms with Crippen molar-refractivity contribution < 1.29 is 9.53 Å². The Morgan fingerprint density at radius 2 is 1.77 bits per heavy atom. The summed E-state index contributed by atoms with van der Waals surface area (Å²) >= 11 is 12.0. The summed E-state index contributed by atoms with van der Waals surface area (Å²) < 4.78 is 7.48. The second kappa shape index (κ2) is 9.82. The topological polar surface area (TPSA) is 56.1 Å². The van der Waals surface area contributed by atoms with Crippen molar-refractivity contribution in [3.05, 3.63) is 106 Å². The van der Waals surface area contributed by atoms with Crippen LogP contribution in [0, 0.1) is 0 Å². The number of hydrogen-bond donors (Lipinski definition) is 1. The first-order valence-electron chi connectivity index (χ1n) is 11.0. The summed E-state index contributed by atoms with van der Waals surface area (Å²) in [6.07, 6.45) is 5.01. The van der Waals surface area contributed by atoms with Crippen molar-refractivity contribution in [1.82, 2.24) is 14.9 Å². The Morgan fingerprint density at radius 3 is 2.54 bits per heavy atom. The van der Waals surface area contributed by atoms with Crippen LogP contribution in [-0.4, -0.2) is 22.6 Å². The lowest BCUT2D eigenvalue weighted by molar-refractivity contribution is -0.116. The Balaban J connectivity index is 1.40. The maximum absolute atomic E-state index is 12.4. The van der Waals surface area contributed by atoms with E-state index in [2.05, 4.69) is 27.0 Å². The quantitative estimate of drug-likeness (QED) is 0.259. The van der Waals surface area contributed by atoms with Crippen LogP contribution in [0.15, 0.2) is 85.1 Å². The number of methoxy groups -OCH3 is 1. The SMILES string of the molecule is COc1ccc(-n2c3ccccc3c3cc(CNC(=O)/C=C/c4ccc(Cl)c(Cl)c4)ncc32)cc1. The first-order valence-corrected chi connectivity index (χ1v) is 11.7. The number of pyridine rings is 1. The summed E-state index contributed by atoms with van der Waals surface area (Å²) in [5.74, 6) is 0.581. The van der Waals surface area contributed by atoms with Gasteiger partial charge >= 0.3 is 0 Å². The molecule has 2 aromatic heterocycles. The van der Waals surface area contributed by atoms with Crippen molar-refractivity contribution in [3.63, 3.8) is 0 Å². The number of ether oxygens (including phenoxy) is 1. The average molecular weight is 502 g/mol. The maximum Gasteiger partial charge on any atom is 0.244 e. The Bertz CT molecular complexity index is 1570. The molecule has 7 heteroatoms. The Kier molecular flexibility index (Phi) is 6.45. The molecule has 2 heterocycles. The zero-order valence-corrected chi connectivity index (χ0v) is 20.3. The van der Waals surface area contributed by atoms with E-state index in [4.69, 9.17) is 27.9 Å². The van der Waals surface area contributed by atoms with E-state index in [-0.39, 0.29) is 5.91 Å². The molecule has 3 aromatic carbocycles. The van der Waals surface area contributed by atoms with Crippen LogP contribution in [0.1, 0.15) is 11.3 Å². The van der Waals surface area contributed by atoms with Gasteiger partial charge in [-0.15, -0.1) is 0 Å². The van der Waals surface area contributed by atoms with Gasteiger partial charge in [-0.05, 0) is 60.2 Å². The van der Waals surface area contributed by atoms with E-state index < -0.39 is 0 Å². The second-order valence-electron chi connectivity index (χ2n) is 7.97. The summed E-state index contributed by atoms with van der Waals surface area (Å²) in [5.41, 5.74) is 4.66. The van der Waals surface area contributed by atoms with Crippen molar-refractivity contribution in [1.29, 1.82) is 0 Å². The highest BCUT2D eigenvalue weighted by molar-refractivity contribution is 6.42. The van der Waals surface area contributed by atoms with Crippen LogP contribution >= 0.6 is 23.2 Å². The number of hydrogen-bond acceptors (Lipinski definition) is 3. The van der Waals surface area contributed by atoms with Gasteiger partial charge in [-0.1, -0.05) is 47.5 Å². The van der Waals surface area contributed by atoms with Gasteiger partial charge in [0.2, 0.25) is 5.91 Å². The number of fused-ring (bicyclic) bond motifs is 3. The minimum absolute atomic E-state index is 0.223. The van der Waals surface area contributed by atoms with Crippen molar-refractivity contribution in [3.8, 4) is 11.4 Å². The van der Waals surface area contributed by atoms with Crippen LogP contribution in [0.3, 0.4) is 0 Å². The molecule has 0 radical (unpaired) electrons. The van der Waals surface area contributed by atoms with Crippen molar-refractivity contribution >= 4 is 57.0 Å². The number of carbonyl (C=O) groups excluding carboxylic acids is 1. The van der Waals surface area contributed by atoms with Gasteiger partial charge in [0.25, 0.3) is 0 Å². The first-order chi connectivity index (χ1) is 17.0. The number of nitrogens with one attached hydrogen (secondary N) is 1. The predicted octanol–water partition coefficient (Wildman–Crippen LogP) is 6.82. The Morgan fingerprint density at radius 1 is 0.971 bits per heavy atom. The third-order valence-corrected chi connectivity index (χ3v) is 6.50. The Hall–Kier alpha value is -3.80. The highest BCUT2D eigenvalue weighted by Crippen LogP contribution is 2.32. The van der Waals surface area contributed by atoms with E-state index in [1.165, 1.54) is 6.08 Å². The van der Waals surface area contributed by atoms with Crippen molar-refractivity contribution in [2.24, 2.45) is 0 Å². The first kappa shape index (κ1) is 23.0. The number of halogens is 2. The molecule has 0 aliphatic carbocycles. The molecule has 35 heavy (non-hydrogen) atoms. The molecule has 0 spiro atoms. The maximum atomic E-state index is 12.4. The number of para-hydroxylation sites is 1. The van der Waals surface area contributed by atoms with Gasteiger partial charge in [-0.2, -0.15) is 0 Å². The van der Waals surface area contributed by atoms with Gasteiger partial charge in [0.05, 0.1) is 46.6 Å². The lowest BCUT2D eigenvalue weighted by Crippen LogP contribution is -2.20. The second-order valence-corrected chi connectivity index (χ2v) is 8.78. The van der Waals surface area contributed by atoms with Crippen LogP contribution in [0.2, 0.25) is 10.0 Å². The van der Waals surface area contributed by atoms with Crippen molar-refractivity contribution in [2.45, 2.75) is 6.54 Å². The molecule has 1 N–H and O–H groups in total. The van der Waals surface area contributed by atoms with Crippen LogP contribution in [0.25, 0.3) is 33.6 Å². The molecular formula is C28H21Cl2N3O2. The van der Waals surface area contributed by atoms with Gasteiger partial charge < -0.3 is 14.6 Å². The Labute approximate surface area is 212 Å². The van der Waals surface area contributed by atoms with Gasteiger partial charge in [-0.25, -0.2) is 0 Å².